The lowest BCUT2D eigenvalue weighted by Gasteiger charge is -2.29. The van der Waals surface area contributed by atoms with Crippen LogP contribution >= 0.6 is 0 Å². The highest BCUT2D eigenvalue weighted by Gasteiger charge is 2.35. The van der Waals surface area contributed by atoms with Crippen molar-refractivity contribution in [2.24, 2.45) is 0 Å². The number of aliphatic hydroxyl groups excluding tert-OH is 1. The van der Waals surface area contributed by atoms with Crippen LogP contribution in [0, 0.1) is 12.7 Å². The van der Waals surface area contributed by atoms with E-state index in [4.69, 9.17) is 4.74 Å². The second kappa shape index (κ2) is 10.5. The Hall–Kier alpha value is -3.35. The quantitative estimate of drug-likeness (QED) is 0.403. The molecule has 11 nitrogen and oxygen atoms in total. The topological polar surface area (TPSA) is 137 Å². The number of aliphatic hydroxyl groups is 1. The molecule has 0 aliphatic carbocycles. The molecule has 0 saturated heterocycles. The number of ether oxygens (including phenoxy) is 1. The Morgan fingerprint density at radius 1 is 1.29 bits per heavy atom. The van der Waals surface area contributed by atoms with Gasteiger partial charge in [-0.15, -0.1) is 0 Å². The Kier molecular flexibility index (Phi) is 7.88. The summed E-state index contributed by atoms with van der Waals surface area (Å²) in [6.07, 6.45) is -1.55. The first-order valence-corrected chi connectivity index (χ1v) is 11.0. The Balaban J connectivity index is 1.98. The predicted octanol–water partition coefficient (Wildman–Crippen LogP) is 0.356. The molecule has 1 aliphatic heterocycles. The summed E-state index contributed by atoms with van der Waals surface area (Å²) in [5, 5.41) is 24.0. The third kappa shape index (κ3) is 5.34. The normalized spacial score (nSPS) is 18.4. The van der Waals surface area contributed by atoms with E-state index in [0.717, 1.165) is 9.80 Å². The molecule has 1 aromatic carbocycles. The van der Waals surface area contributed by atoms with Gasteiger partial charge < -0.3 is 24.7 Å². The van der Waals surface area contributed by atoms with Crippen LogP contribution in [-0.4, -0.2) is 75.7 Å². The fraction of sp³-hybridized carbons (Fsp3) is 0.478. The Morgan fingerprint density at radius 2 is 1.97 bits per heavy atom. The smallest absolute Gasteiger partial charge is 0.312 e. The summed E-state index contributed by atoms with van der Waals surface area (Å²) in [6.45, 7) is 3.45. The maximum Gasteiger partial charge on any atom is 0.312 e. The number of likely N-dealkylation sites (N-methyl/N-ethyl adjacent to an activating group) is 2. The highest BCUT2D eigenvalue weighted by molar-refractivity contribution is 6.34. The van der Waals surface area contributed by atoms with Crippen molar-refractivity contribution in [1.29, 1.82) is 0 Å². The summed E-state index contributed by atoms with van der Waals surface area (Å²) in [7, 11) is 4.27. The fourth-order valence-electron chi connectivity index (χ4n) is 3.81. The molecule has 35 heavy (non-hydrogen) atoms. The molecule has 1 aliphatic rings. The second-order valence-corrected chi connectivity index (χ2v) is 8.76. The number of aromatic hydroxyl groups is 1. The van der Waals surface area contributed by atoms with Gasteiger partial charge in [-0.05, 0) is 31.0 Å². The van der Waals surface area contributed by atoms with Crippen LogP contribution in [0.4, 0.5) is 4.39 Å². The molecule has 2 aromatic rings. The lowest BCUT2D eigenvalue weighted by atomic mass is 10.1. The van der Waals surface area contributed by atoms with Crippen LogP contribution in [0.25, 0.3) is 0 Å². The highest BCUT2D eigenvalue weighted by Crippen LogP contribution is 2.28. The van der Waals surface area contributed by atoms with E-state index in [1.165, 1.54) is 31.8 Å². The van der Waals surface area contributed by atoms with Gasteiger partial charge in [-0.3, -0.25) is 24.3 Å². The Bertz CT molecular complexity index is 1180. The van der Waals surface area contributed by atoms with Crippen molar-refractivity contribution in [2.75, 3.05) is 34.4 Å². The number of fused-ring (bicyclic) bond motifs is 1. The predicted molar refractivity (Wildman–Crippen MR) is 123 cm³/mol. The standard InChI is InChI=1S/C23H30FN5O6/c1-12-8-14(6-7-15(12)24)9-25-20(31)17-18(30)21(32)29-13(2)10-35-11-16(19(29)26-17)28(5)23(34)22(33)27(3)4/h6-8,13,16,20,25,30-31H,9-11H2,1-5H3. The molecule has 3 atom stereocenters. The third-order valence-corrected chi connectivity index (χ3v) is 5.88. The molecule has 1 aromatic heterocycles. The van der Waals surface area contributed by atoms with Crippen molar-refractivity contribution >= 4 is 11.8 Å². The molecule has 2 heterocycles. The number of hydrogen-bond donors (Lipinski definition) is 3. The number of benzene rings is 1. The first-order valence-electron chi connectivity index (χ1n) is 11.0. The van der Waals surface area contributed by atoms with Crippen molar-refractivity contribution < 1.29 is 28.9 Å². The van der Waals surface area contributed by atoms with E-state index < -0.39 is 41.4 Å². The molecule has 3 unspecified atom stereocenters. The van der Waals surface area contributed by atoms with Crippen molar-refractivity contribution in [3.8, 4) is 5.75 Å². The number of aromatic nitrogens is 2. The van der Waals surface area contributed by atoms with Gasteiger partial charge in [-0.25, -0.2) is 9.37 Å². The molecular formula is C23H30FN5O6. The largest absolute Gasteiger partial charge is 0.502 e. The number of carbonyl (C=O) groups is 2. The molecular weight excluding hydrogens is 461 g/mol. The average molecular weight is 492 g/mol. The van der Waals surface area contributed by atoms with Gasteiger partial charge in [-0.2, -0.15) is 0 Å². The second-order valence-electron chi connectivity index (χ2n) is 8.76. The lowest BCUT2D eigenvalue weighted by Crippen LogP contribution is -2.44. The number of nitrogens with one attached hydrogen (secondary N) is 1. The maximum atomic E-state index is 13.5. The van der Waals surface area contributed by atoms with E-state index in [-0.39, 0.29) is 37.1 Å². The van der Waals surface area contributed by atoms with Gasteiger partial charge in [0.15, 0.2) is 6.23 Å². The van der Waals surface area contributed by atoms with Crippen LogP contribution in [-0.2, 0) is 20.9 Å². The zero-order valence-electron chi connectivity index (χ0n) is 20.3. The monoisotopic (exact) mass is 491 g/mol. The van der Waals surface area contributed by atoms with E-state index in [9.17, 15) is 29.0 Å². The van der Waals surface area contributed by atoms with E-state index in [2.05, 4.69) is 10.3 Å². The number of carbonyl (C=O) groups excluding carboxylic acids is 2. The molecule has 0 bridgehead atoms. The minimum atomic E-state index is -1.55. The van der Waals surface area contributed by atoms with E-state index in [1.807, 2.05) is 0 Å². The van der Waals surface area contributed by atoms with Crippen molar-refractivity contribution in [3.05, 3.63) is 57.0 Å². The van der Waals surface area contributed by atoms with Gasteiger partial charge in [0.1, 0.15) is 23.4 Å². The van der Waals surface area contributed by atoms with Crippen LogP contribution in [0.5, 0.6) is 5.75 Å². The van der Waals surface area contributed by atoms with Gasteiger partial charge >= 0.3 is 11.8 Å². The number of hydrogen-bond acceptors (Lipinski definition) is 8. The van der Waals surface area contributed by atoms with Crippen LogP contribution in [0.3, 0.4) is 0 Å². The van der Waals surface area contributed by atoms with Crippen LogP contribution < -0.4 is 10.9 Å². The number of aryl methyl sites for hydroxylation is 1. The van der Waals surface area contributed by atoms with E-state index in [1.54, 1.807) is 26.0 Å². The minimum absolute atomic E-state index is 0.0533. The highest BCUT2D eigenvalue weighted by atomic mass is 19.1. The van der Waals surface area contributed by atoms with Gasteiger partial charge in [0.25, 0.3) is 5.56 Å². The molecule has 12 heteroatoms. The molecule has 2 amide bonds. The summed E-state index contributed by atoms with van der Waals surface area (Å²) in [6, 6.07) is 2.98. The fourth-order valence-corrected chi connectivity index (χ4v) is 3.81. The van der Waals surface area contributed by atoms with Crippen LogP contribution in [0.15, 0.2) is 23.0 Å². The van der Waals surface area contributed by atoms with Crippen molar-refractivity contribution in [1.82, 2.24) is 24.7 Å². The number of halogens is 1. The number of amides is 2. The maximum absolute atomic E-state index is 13.5. The molecule has 0 fully saturated rings. The molecule has 0 saturated carbocycles. The summed E-state index contributed by atoms with van der Waals surface area (Å²) in [5.41, 5.74) is -0.0496. The molecule has 0 radical (unpaired) electrons. The summed E-state index contributed by atoms with van der Waals surface area (Å²) in [4.78, 5) is 44.6. The van der Waals surface area contributed by atoms with Gasteiger partial charge in [-0.1, -0.05) is 12.1 Å². The van der Waals surface area contributed by atoms with Crippen molar-refractivity contribution in [3.63, 3.8) is 0 Å². The summed E-state index contributed by atoms with van der Waals surface area (Å²) >= 11 is 0. The number of nitrogens with zero attached hydrogens (tertiary/aromatic N) is 4. The summed E-state index contributed by atoms with van der Waals surface area (Å²) < 4.78 is 20.4. The van der Waals surface area contributed by atoms with Crippen LogP contribution in [0.1, 0.15) is 47.9 Å². The number of rotatable bonds is 5. The van der Waals surface area contributed by atoms with E-state index in [0.29, 0.717) is 11.1 Å². The van der Waals surface area contributed by atoms with E-state index >= 15 is 0 Å². The van der Waals surface area contributed by atoms with Gasteiger partial charge in [0, 0.05) is 27.7 Å². The molecule has 3 N–H and O–H groups in total. The zero-order valence-corrected chi connectivity index (χ0v) is 20.3. The SMILES string of the molecule is Cc1cc(CNC(O)c2nc3n(c(=O)c2O)C(C)COCC3N(C)C(=O)C(=O)N(C)C)ccc1F. The average Bonchev–Trinajstić information content (AvgIpc) is 2.98. The van der Waals surface area contributed by atoms with Gasteiger partial charge in [0.05, 0.1) is 19.3 Å². The van der Waals surface area contributed by atoms with Crippen LogP contribution in [0.2, 0.25) is 0 Å². The summed E-state index contributed by atoms with van der Waals surface area (Å²) in [5.74, 6) is -2.65. The third-order valence-electron chi connectivity index (χ3n) is 5.88. The molecule has 190 valence electrons. The molecule has 3 rings (SSSR count). The first kappa shape index (κ1) is 26.3. The van der Waals surface area contributed by atoms with Gasteiger partial charge in [0.2, 0.25) is 5.75 Å². The molecule has 0 spiro atoms. The van der Waals surface area contributed by atoms with Crippen molar-refractivity contribution in [2.45, 2.75) is 38.7 Å². The lowest BCUT2D eigenvalue weighted by molar-refractivity contribution is -0.151. The minimum Gasteiger partial charge on any atom is -0.502 e. The Labute approximate surface area is 201 Å². The first-order chi connectivity index (χ1) is 16.4. The zero-order chi connectivity index (χ0) is 26.0. The Morgan fingerprint density at radius 3 is 2.60 bits per heavy atom.